The molecule has 1 aromatic rings. The zero-order valence-corrected chi connectivity index (χ0v) is 10.3. The van der Waals surface area contributed by atoms with Crippen LogP contribution in [0.1, 0.15) is 32.3 Å². The highest BCUT2D eigenvalue weighted by Crippen LogP contribution is 2.06. The number of rotatable bonds is 6. The second-order valence-electron chi connectivity index (χ2n) is 4.16. The number of carbonyl (C=O) groups is 1. The van der Waals surface area contributed by atoms with Gasteiger partial charge in [0.1, 0.15) is 0 Å². The lowest BCUT2D eigenvalue weighted by Gasteiger charge is -2.05. The van der Waals surface area contributed by atoms with Gasteiger partial charge in [0.25, 0.3) is 0 Å². The lowest BCUT2D eigenvalue weighted by molar-refractivity contribution is -0.121. The molecule has 0 saturated heterocycles. The Morgan fingerprint density at radius 2 is 2.33 bits per heavy atom. The van der Waals surface area contributed by atoms with Crippen molar-refractivity contribution in [2.24, 2.45) is 5.92 Å². The normalized spacial score (nSPS) is 10.6. The maximum Gasteiger partial charge on any atom is 0.220 e. The molecule has 1 heterocycles. The van der Waals surface area contributed by atoms with Gasteiger partial charge in [-0.15, -0.1) is 0 Å². The summed E-state index contributed by atoms with van der Waals surface area (Å²) in [5.41, 5.74) is 1.31. The van der Waals surface area contributed by atoms with Crippen LogP contribution in [0.3, 0.4) is 0 Å². The average molecular weight is 225 g/mol. The van der Waals surface area contributed by atoms with Gasteiger partial charge in [0.15, 0.2) is 0 Å². The molecule has 0 aliphatic heterocycles. The molecular formula is C12H19NOS. The second-order valence-corrected chi connectivity index (χ2v) is 4.94. The summed E-state index contributed by atoms with van der Waals surface area (Å²) in [6.45, 7) is 5.03. The molecule has 3 heteroatoms. The third-order valence-electron chi connectivity index (χ3n) is 2.26. The molecule has 1 amide bonds. The van der Waals surface area contributed by atoms with Crippen molar-refractivity contribution < 1.29 is 4.79 Å². The van der Waals surface area contributed by atoms with Crippen molar-refractivity contribution in [1.82, 2.24) is 5.32 Å². The number of hydrogen-bond donors (Lipinski definition) is 1. The van der Waals surface area contributed by atoms with Gasteiger partial charge in [-0.05, 0) is 41.1 Å². The van der Waals surface area contributed by atoms with E-state index in [0.717, 1.165) is 19.4 Å². The predicted octanol–water partition coefficient (Wildman–Crippen LogP) is 2.84. The highest BCUT2D eigenvalue weighted by molar-refractivity contribution is 7.07. The van der Waals surface area contributed by atoms with Crippen molar-refractivity contribution in [1.29, 1.82) is 0 Å². The van der Waals surface area contributed by atoms with Gasteiger partial charge < -0.3 is 5.32 Å². The topological polar surface area (TPSA) is 29.1 Å². The first-order valence-corrected chi connectivity index (χ1v) is 6.40. The van der Waals surface area contributed by atoms with Gasteiger partial charge in [-0.2, -0.15) is 11.3 Å². The van der Waals surface area contributed by atoms with E-state index in [1.54, 1.807) is 11.3 Å². The van der Waals surface area contributed by atoms with Gasteiger partial charge in [-0.25, -0.2) is 0 Å². The Kier molecular flexibility index (Phi) is 5.40. The van der Waals surface area contributed by atoms with Crippen LogP contribution in [0.4, 0.5) is 0 Å². The third-order valence-corrected chi connectivity index (χ3v) is 3.00. The van der Waals surface area contributed by atoms with Crippen molar-refractivity contribution in [3.8, 4) is 0 Å². The fraction of sp³-hybridized carbons (Fsp3) is 0.583. The summed E-state index contributed by atoms with van der Waals surface area (Å²) in [6.07, 6.45) is 2.57. The van der Waals surface area contributed by atoms with E-state index in [0.29, 0.717) is 12.3 Å². The molecule has 1 rings (SSSR count). The molecular weight excluding hydrogens is 206 g/mol. The lowest BCUT2D eigenvalue weighted by Crippen LogP contribution is -2.25. The first kappa shape index (κ1) is 12.2. The van der Waals surface area contributed by atoms with E-state index in [1.165, 1.54) is 5.56 Å². The number of thiophene rings is 1. The van der Waals surface area contributed by atoms with Crippen LogP contribution in [0.5, 0.6) is 0 Å². The molecule has 0 spiro atoms. The molecule has 1 aromatic heterocycles. The molecule has 0 atom stereocenters. The Morgan fingerprint density at radius 3 is 2.93 bits per heavy atom. The van der Waals surface area contributed by atoms with Crippen molar-refractivity contribution in [2.75, 3.05) is 6.54 Å². The van der Waals surface area contributed by atoms with Crippen LogP contribution in [0.15, 0.2) is 16.8 Å². The average Bonchev–Trinajstić information content (AvgIpc) is 2.67. The van der Waals surface area contributed by atoms with Crippen molar-refractivity contribution in [2.45, 2.75) is 33.1 Å². The highest BCUT2D eigenvalue weighted by atomic mass is 32.1. The number of nitrogens with one attached hydrogen (secondary N) is 1. The van der Waals surface area contributed by atoms with Gasteiger partial charge in [-0.1, -0.05) is 13.8 Å². The Labute approximate surface area is 95.7 Å². The molecule has 0 bridgehead atoms. The molecule has 0 unspecified atom stereocenters. The molecule has 0 saturated carbocycles. The van der Waals surface area contributed by atoms with Gasteiger partial charge >= 0.3 is 0 Å². The minimum Gasteiger partial charge on any atom is -0.356 e. The van der Waals surface area contributed by atoms with Crippen molar-refractivity contribution in [3.63, 3.8) is 0 Å². The molecule has 0 aromatic carbocycles. The molecule has 0 radical (unpaired) electrons. The molecule has 2 nitrogen and oxygen atoms in total. The van der Waals surface area contributed by atoms with Crippen LogP contribution in [0, 0.1) is 5.92 Å². The zero-order chi connectivity index (χ0) is 11.1. The summed E-state index contributed by atoms with van der Waals surface area (Å²) < 4.78 is 0. The van der Waals surface area contributed by atoms with Crippen LogP contribution in [0.25, 0.3) is 0 Å². The fourth-order valence-corrected chi connectivity index (χ4v) is 1.99. The van der Waals surface area contributed by atoms with E-state index >= 15 is 0 Å². The Bertz CT molecular complexity index is 280. The van der Waals surface area contributed by atoms with Gasteiger partial charge in [0.05, 0.1) is 0 Å². The fourth-order valence-electron chi connectivity index (χ4n) is 1.29. The second kappa shape index (κ2) is 6.62. The van der Waals surface area contributed by atoms with Gasteiger partial charge in [0.2, 0.25) is 5.91 Å². The summed E-state index contributed by atoms with van der Waals surface area (Å²) in [6, 6.07) is 2.10. The van der Waals surface area contributed by atoms with Crippen LogP contribution in [-0.2, 0) is 11.2 Å². The van der Waals surface area contributed by atoms with Gasteiger partial charge in [0, 0.05) is 13.0 Å². The Hall–Kier alpha value is -0.830. The predicted molar refractivity (Wildman–Crippen MR) is 65.1 cm³/mol. The standard InChI is InChI=1S/C12H19NOS/c1-10(2)3-4-12(14)13-7-5-11-6-8-15-9-11/h6,8-10H,3-5,7H2,1-2H3,(H,13,14). The summed E-state index contributed by atoms with van der Waals surface area (Å²) in [5, 5.41) is 7.13. The van der Waals surface area contributed by atoms with E-state index in [9.17, 15) is 4.79 Å². The number of carbonyl (C=O) groups excluding carboxylic acids is 1. The lowest BCUT2D eigenvalue weighted by atomic mass is 10.1. The van der Waals surface area contributed by atoms with Gasteiger partial charge in [-0.3, -0.25) is 4.79 Å². The molecule has 0 aliphatic rings. The van der Waals surface area contributed by atoms with Crippen LogP contribution >= 0.6 is 11.3 Å². The molecule has 0 fully saturated rings. The summed E-state index contributed by atoms with van der Waals surface area (Å²) >= 11 is 1.70. The molecule has 84 valence electrons. The number of amides is 1. The quantitative estimate of drug-likeness (QED) is 0.792. The van der Waals surface area contributed by atoms with E-state index < -0.39 is 0 Å². The van der Waals surface area contributed by atoms with Crippen molar-refractivity contribution in [3.05, 3.63) is 22.4 Å². The van der Waals surface area contributed by atoms with E-state index in [4.69, 9.17) is 0 Å². The van der Waals surface area contributed by atoms with E-state index in [2.05, 4.69) is 36.0 Å². The molecule has 0 aliphatic carbocycles. The minimum atomic E-state index is 0.180. The third kappa shape index (κ3) is 5.57. The monoisotopic (exact) mass is 225 g/mol. The zero-order valence-electron chi connectivity index (χ0n) is 9.45. The minimum absolute atomic E-state index is 0.180. The summed E-state index contributed by atoms with van der Waals surface area (Å²) in [4.78, 5) is 11.4. The summed E-state index contributed by atoms with van der Waals surface area (Å²) in [7, 11) is 0. The SMILES string of the molecule is CC(C)CCC(=O)NCCc1ccsc1. The van der Waals surface area contributed by atoms with E-state index in [1.807, 2.05) is 0 Å². The molecule has 15 heavy (non-hydrogen) atoms. The Morgan fingerprint density at radius 1 is 1.53 bits per heavy atom. The Balaban J connectivity index is 2.07. The first-order valence-electron chi connectivity index (χ1n) is 5.46. The maximum atomic E-state index is 11.4. The molecule has 1 N–H and O–H groups in total. The van der Waals surface area contributed by atoms with Crippen LogP contribution in [0.2, 0.25) is 0 Å². The van der Waals surface area contributed by atoms with E-state index in [-0.39, 0.29) is 5.91 Å². The van der Waals surface area contributed by atoms with Crippen LogP contribution < -0.4 is 5.32 Å². The smallest absolute Gasteiger partial charge is 0.220 e. The highest BCUT2D eigenvalue weighted by Gasteiger charge is 2.02. The maximum absolute atomic E-state index is 11.4. The number of hydrogen-bond acceptors (Lipinski definition) is 2. The first-order chi connectivity index (χ1) is 7.18. The summed E-state index contributed by atoms with van der Waals surface area (Å²) in [5.74, 6) is 0.784. The van der Waals surface area contributed by atoms with Crippen LogP contribution in [-0.4, -0.2) is 12.5 Å². The largest absolute Gasteiger partial charge is 0.356 e. The van der Waals surface area contributed by atoms with Crippen molar-refractivity contribution >= 4 is 17.2 Å².